The van der Waals surface area contributed by atoms with Gasteiger partial charge < -0.3 is 65.1 Å². The Balaban J connectivity index is 1.59. The molecule has 12 atom stereocenters. The van der Waals surface area contributed by atoms with Crippen molar-refractivity contribution in [3.05, 3.63) is 134 Å². The Morgan fingerprint density at radius 2 is 0.795 bits per heavy atom. The average molecular weight is 1230 g/mol. The van der Waals surface area contributed by atoms with Crippen LogP contribution in [-0.4, -0.2) is 140 Å². The van der Waals surface area contributed by atoms with Crippen LogP contribution in [0.15, 0.2) is 134 Å². The molecule has 0 aromatic rings. The van der Waals surface area contributed by atoms with Crippen LogP contribution in [0.4, 0.5) is 0 Å². The van der Waals surface area contributed by atoms with E-state index in [0.29, 0.717) is 12.8 Å². The number of nitrogens with one attached hydrogen (secondary N) is 1. The molecule has 2 rings (SSSR count). The van der Waals surface area contributed by atoms with E-state index in [0.717, 1.165) is 96.3 Å². The van der Waals surface area contributed by atoms with Crippen LogP contribution in [0, 0.1) is 0 Å². The van der Waals surface area contributed by atoms with Gasteiger partial charge >= 0.3 is 0 Å². The monoisotopic (exact) mass is 1230 g/mol. The second-order valence-electron chi connectivity index (χ2n) is 23.6. The molecule has 12 unspecified atom stereocenters. The Hall–Kier alpha value is -3.87. The summed E-state index contributed by atoms with van der Waals surface area (Å²) in [5, 5.41) is 87.1. The largest absolute Gasteiger partial charge is 0.394 e. The molecule has 9 N–H and O–H groups in total. The number of ether oxygens (including phenoxy) is 4. The summed E-state index contributed by atoms with van der Waals surface area (Å²) < 4.78 is 22.8. The summed E-state index contributed by atoms with van der Waals surface area (Å²) in [6.45, 7) is 2.64. The van der Waals surface area contributed by atoms with Gasteiger partial charge in [-0.15, -0.1) is 0 Å². The molecule has 0 saturated carbocycles. The van der Waals surface area contributed by atoms with Crippen molar-refractivity contribution in [1.82, 2.24) is 5.32 Å². The zero-order valence-corrected chi connectivity index (χ0v) is 54.4. The van der Waals surface area contributed by atoms with Crippen molar-refractivity contribution in [2.75, 3.05) is 19.8 Å². The Morgan fingerprint density at radius 3 is 1.25 bits per heavy atom. The van der Waals surface area contributed by atoms with E-state index < -0.39 is 86.8 Å². The first-order valence-electron chi connectivity index (χ1n) is 34.4. The van der Waals surface area contributed by atoms with E-state index in [-0.39, 0.29) is 18.9 Å². The molecule has 0 spiro atoms. The van der Waals surface area contributed by atoms with Gasteiger partial charge in [0.05, 0.1) is 32.0 Å². The highest BCUT2D eigenvalue weighted by Gasteiger charge is 2.51. The number of carbonyl (C=O) groups excluding carboxylic acids is 1. The third kappa shape index (κ3) is 40.8. The molecule has 1 amide bonds. The van der Waals surface area contributed by atoms with E-state index in [1.165, 1.54) is 103 Å². The molecule has 0 bridgehead atoms. The number of hydrogen-bond donors (Lipinski definition) is 9. The molecular weight excluding hydrogens is 1110 g/mol. The van der Waals surface area contributed by atoms with Crippen molar-refractivity contribution in [3.8, 4) is 0 Å². The van der Waals surface area contributed by atoms with Gasteiger partial charge in [0.25, 0.3) is 0 Å². The second-order valence-corrected chi connectivity index (χ2v) is 23.6. The van der Waals surface area contributed by atoms with Gasteiger partial charge in [0.1, 0.15) is 48.8 Å². The number of unbranched alkanes of at least 4 members (excludes halogenated alkanes) is 21. The number of hydrogen-bond acceptors (Lipinski definition) is 13. The molecule has 0 aromatic carbocycles. The number of aliphatic hydroxyl groups excluding tert-OH is 8. The van der Waals surface area contributed by atoms with Crippen LogP contribution in [0.2, 0.25) is 0 Å². The summed E-state index contributed by atoms with van der Waals surface area (Å²) in [6.07, 6.45) is 68.0. The molecule has 2 aliphatic heterocycles. The highest BCUT2D eigenvalue weighted by molar-refractivity contribution is 5.76. The lowest BCUT2D eigenvalue weighted by Gasteiger charge is -2.46. The molecule has 0 aromatic heterocycles. The van der Waals surface area contributed by atoms with Gasteiger partial charge in [-0.25, -0.2) is 0 Å². The summed E-state index contributed by atoms with van der Waals surface area (Å²) in [4.78, 5) is 13.3. The number of carbonyl (C=O) groups is 1. The van der Waals surface area contributed by atoms with Gasteiger partial charge in [0.15, 0.2) is 12.6 Å². The Kier molecular flexibility index (Phi) is 52.0. The Labute approximate surface area is 532 Å². The van der Waals surface area contributed by atoms with Crippen LogP contribution in [0.25, 0.3) is 0 Å². The van der Waals surface area contributed by atoms with Crippen LogP contribution in [0.3, 0.4) is 0 Å². The molecule has 2 saturated heterocycles. The molecule has 502 valence electrons. The fourth-order valence-corrected chi connectivity index (χ4v) is 10.4. The SMILES string of the molecule is CC/C=C\C/C=C\C/C=C\C/C=C\C/C=C\C/C=C\C/C=C\C/C=C\C/C=C\CCCCCCCCCCCCCCCC(=O)NC(COC1OC(CO)C(OC2OC(CO)C(O)C(O)C2O)C(O)C1O)C(O)/C=C/CC/C=C/CCCCCCCCC. The van der Waals surface area contributed by atoms with Crippen molar-refractivity contribution in [1.29, 1.82) is 0 Å². The van der Waals surface area contributed by atoms with Gasteiger partial charge in [-0.05, 0) is 103 Å². The predicted octanol–water partition coefficient (Wildman–Crippen LogP) is 13.9. The van der Waals surface area contributed by atoms with Crippen molar-refractivity contribution in [3.63, 3.8) is 0 Å². The lowest BCUT2D eigenvalue weighted by molar-refractivity contribution is -0.359. The minimum Gasteiger partial charge on any atom is -0.394 e. The second kappa shape index (κ2) is 57.1. The zero-order valence-electron chi connectivity index (χ0n) is 54.4. The molecule has 2 heterocycles. The van der Waals surface area contributed by atoms with E-state index in [1.807, 2.05) is 6.08 Å². The normalized spacial score (nSPS) is 24.0. The lowest BCUT2D eigenvalue weighted by atomic mass is 9.97. The van der Waals surface area contributed by atoms with E-state index in [4.69, 9.17) is 18.9 Å². The molecular formula is C74H123NO13. The fourth-order valence-electron chi connectivity index (χ4n) is 10.4. The van der Waals surface area contributed by atoms with Gasteiger partial charge in [0, 0.05) is 6.42 Å². The summed E-state index contributed by atoms with van der Waals surface area (Å²) in [6, 6.07) is -0.939. The topological polar surface area (TPSA) is 228 Å². The van der Waals surface area contributed by atoms with Crippen LogP contribution in [0.5, 0.6) is 0 Å². The van der Waals surface area contributed by atoms with E-state index in [9.17, 15) is 45.6 Å². The number of rotatable bonds is 54. The van der Waals surface area contributed by atoms with Crippen molar-refractivity contribution >= 4 is 5.91 Å². The minimum atomic E-state index is -1.80. The highest BCUT2D eigenvalue weighted by atomic mass is 16.7. The molecule has 0 aliphatic carbocycles. The minimum absolute atomic E-state index is 0.256. The lowest BCUT2D eigenvalue weighted by Crippen LogP contribution is -2.65. The third-order valence-electron chi connectivity index (χ3n) is 15.8. The Morgan fingerprint density at radius 1 is 0.420 bits per heavy atom. The number of allylic oxidation sites excluding steroid dienone is 21. The molecule has 2 fully saturated rings. The molecule has 14 nitrogen and oxygen atoms in total. The highest BCUT2D eigenvalue weighted by Crippen LogP contribution is 2.30. The Bertz CT molecular complexity index is 1990. The summed E-state index contributed by atoms with van der Waals surface area (Å²) in [5.74, 6) is -0.256. The maximum Gasteiger partial charge on any atom is 0.220 e. The zero-order chi connectivity index (χ0) is 63.8. The van der Waals surface area contributed by atoms with Crippen LogP contribution >= 0.6 is 0 Å². The molecule has 0 radical (unpaired) electrons. The first-order valence-corrected chi connectivity index (χ1v) is 34.4. The summed E-state index contributed by atoms with van der Waals surface area (Å²) >= 11 is 0. The van der Waals surface area contributed by atoms with Crippen LogP contribution in [0.1, 0.15) is 232 Å². The van der Waals surface area contributed by atoms with Gasteiger partial charge in [-0.1, -0.05) is 257 Å². The van der Waals surface area contributed by atoms with Gasteiger partial charge in [-0.3, -0.25) is 4.79 Å². The van der Waals surface area contributed by atoms with Crippen molar-refractivity contribution in [2.45, 2.75) is 306 Å². The number of aliphatic hydroxyl groups is 8. The van der Waals surface area contributed by atoms with E-state index in [1.54, 1.807) is 6.08 Å². The molecule has 2 aliphatic rings. The smallest absolute Gasteiger partial charge is 0.220 e. The van der Waals surface area contributed by atoms with E-state index in [2.05, 4.69) is 141 Å². The van der Waals surface area contributed by atoms with Crippen molar-refractivity contribution in [2.24, 2.45) is 0 Å². The van der Waals surface area contributed by atoms with E-state index >= 15 is 0 Å². The number of amides is 1. The molecule has 88 heavy (non-hydrogen) atoms. The third-order valence-corrected chi connectivity index (χ3v) is 15.8. The average Bonchev–Trinajstić information content (AvgIpc) is 2.45. The summed E-state index contributed by atoms with van der Waals surface area (Å²) in [5.41, 5.74) is 0. The van der Waals surface area contributed by atoms with Crippen LogP contribution in [-0.2, 0) is 23.7 Å². The standard InChI is InChI=1S/C74H123NO13/c1-3-5-7-9-11-13-15-17-18-19-20-21-22-23-24-25-26-27-28-29-30-31-32-33-34-35-36-37-38-39-40-41-42-43-44-46-48-50-52-54-56-58-66(79)75-62(63(78)57-55-53-51-49-47-45-16-14-12-10-8-6-4-2)61-85-73-71(84)69(82)72(65(60-77)87-73)88-74-70(83)68(81)67(80)64(59-76)86-74/h5,7,11,13,17-18,20-21,23-24,26-27,29-30,32-33,35-36,47,49,55,57,62-65,67-74,76-78,80-84H,3-4,6,8-10,12,14-16,19,22,25,28,31,34,37-46,48,50-54,56,58-61H2,1-2H3,(H,75,79)/b7-5-,13-11-,18-17-,21-20-,24-23-,27-26-,30-29-,33-32-,36-35-,49-47+,57-55+. The van der Waals surface area contributed by atoms with Gasteiger partial charge in [0.2, 0.25) is 5.91 Å². The fraction of sp³-hybridized carbons (Fsp3) is 0.689. The van der Waals surface area contributed by atoms with Crippen LogP contribution < -0.4 is 5.32 Å². The summed E-state index contributed by atoms with van der Waals surface area (Å²) in [7, 11) is 0. The van der Waals surface area contributed by atoms with Crippen molar-refractivity contribution < 1.29 is 64.6 Å². The maximum absolute atomic E-state index is 13.3. The van der Waals surface area contributed by atoms with Gasteiger partial charge in [-0.2, -0.15) is 0 Å². The molecule has 14 heteroatoms. The maximum atomic E-state index is 13.3. The predicted molar refractivity (Wildman–Crippen MR) is 359 cm³/mol. The first kappa shape index (κ1) is 80.2. The quantitative estimate of drug-likeness (QED) is 0.0204. The first-order chi connectivity index (χ1) is 43.1.